The van der Waals surface area contributed by atoms with Gasteiger partial charge in [0, 0.05) is 22.6 Å². The fraction of sp³-hybridized carbons (Fsp3) is 0.294. The topological polar surface area (TPSA) is 3.24 Å². The number of alkyl halides is 1. The molecule has 0 fully saturated rings. The van der Waals surface area contributed by atoms with E-state index in [9.17, 15) is 0 Å². The molecule has 1 heterocycles. The zero-order valence-electron chi connectivity index (χ0n) is 11.4. The van der Waals surface area contributed by atoms with Crippen LogP contribution in [0.25, 0.3) is 0 Å². The van der Waals surface area contributed by atoms with E-state index in [4.69, 9.17) is 11.6 Å². The van der Waals surface area contributed by atoms with Crippen molar-refractivity contribution in [1.82, 2.24) is 0 Å². The first-order chi connectivity index (χ1) is 9.69. The van der Waals surface area contributed by atoms with Crippen LogP contribution >= 0.6 is 27.5 Å². The molecule has 0 aromatic heterocycles. The third-order valence-corrected chi connectivity index (χ3v) is 4.75. The lowest BCUT2D eigenvalue weighted by molar-refractivity contribution is 0.562. The van der Waals surface area contributed by atoms with Crippen LogP contribution < -0.4 is 4.90 Å². The SMILES string of the molecule is CC1Cc2ccccc2N(c2ccc(CCl)cc2Br)C1. The molecule has 0 N–H and O–H groups in total. The summed E-state index contributed by atoms with van der Waals surface area (Å²) in [5.74, 6) is 1.20. The van der Waals surface area contributed by atoms with E-state index in [0.29, 0.717) is 11.8 Å². The van der Waals surface area contributed by atoms with Crippen molar-refractivity contribution in [3.05, 3.63) is 58.1 Å². The average Bonchev–Trinajstić information content (AvgIpc) is 2.46. The van der Waals surface area contributed by atoms with Crippen molar-refractivity contribution in [3.8, 4) is 0 Å². The number of halogens is 2. The maximum atomic E-state index is 5.91. The first-order valence-electron chi connectivity index (χ1n) is 6.89. The van der Waals surface area contributed by atoms with Crippen LogP contribution in [-0.2, 0) is 12.3 Å². The molecule has 0 aliphatic carbocycles. The van der Waals surface area contributed by atoms with Gasteiger partial charge < -0.3 is 4.90 Å². The predicted octanol–water partition coefficient (Wildman–Crippen LogP) is 5.52. The van der Waals surface area contributed by atoms with Crippen molar-refractivity contribution in [2.24, 2.45) is 5.92 Å². The summed E-state index contributed by atoms with van der Waals surface area (Å²) in [5.41, 5.74) is 5.11. The van der Waals surface area contributed by atoms with Gasteiger partial charge in [0.2, 0.25) is 0 Å². The van der Waals surface area contributed by atoms with E-state index in [2.05, 4.69) is 70.2 Å². The lowest BCUT2D eigenvalue weighted by Crippen LogP contribution is -2.30. The first kappa shape index (κ1) is 14.0. The summed E-state index contributed by atoms with van der Waals surface area (Å²) in [7, 11) is 0. The van der Waals surface area contributed by atoms with Gasteiger partial charge in [-0.25, -0.2) is 0 Å². The monoisotopic (exact) mass is 349 g/mol. The summed E-state index contributed by atoms with van der Waals surface area (Å²) in [5, 5.41) is 0. The minimum Gasteiger partial charge on any atom is -0.340 e. The van der Waals surface area contributed by atoms with Crippen LogP contribution in [0.4, 0.5) is 11.4 Å². The second-order valence-electron chi connectivity index (χ2n) is 5.47. The molecule has 1 atom stereocenters. The number of hydrogen-bond donors (Lipinski definition) is 0. The molecule has 104 valence electrons. The van der Waals surface area contributed by atoms with Gasteiger partial charge in [-0.05, 0) is 57.6 Å². The molecule has 0 spiro atoms. The predicted molar refractivity (Wildman–Crippen MR) is 90.0 cm³/mol. The van der Waals surface area contributed by atoms with Crippen LogP contribution in [0.15, 0.2) is 46.9 Å². The Morgan fingerprint density at radius 2 is 2.00 bits per heavy atom. The number of nitrogens with zero attached hydrogens (tertiary/aromatic N) is 1. The molecule has 1 unspecified atom stereocenters. The normalized spacial score (nSPS) is 17.9. The highest BCUT2D eigenvalue weighted by Crippen LogP contribution is 2.39. The van der Waals surface area contributed by atoms with E-state index in [0.717, 1.165) is 23.0 Å². The summed E-state index contributed by atoms with van der Waals surface area (Å²) >= 11 is 9.60. The molecule has 1 nitrogen and oxygen atoms in total. The zero-order chi connectivity index (χ0) is 14.1. The van der Waals surface area contributed by atoms with Crippen LogP contribution in [0.2, 0.25) is 0 Å². The van der Waals surface area contributed by atoms with Crippen LogP contribution in [0, 0.1) is 5.92 Å². The smallest absolute Gasteiger partial charge is 0.0555 e. The largest absolute Gasteiger partial charge is 0.340 e. The highest BCUT2D eigenvalue weighted by atomic mass is 79.9. The highest BCUT2D eigenvalue weighted by Gasteiger charge is 2.23. The number of hydrogen-bond acceptors (Lipinski definition) is 1. The highest BCUT2D eigenvalue weighted by molar-refractivity contribution is 9.10. The van der Waals surface area contributed by atoms with Crippen LogP contribution in [-0.4, -0.2) is 6.54 Å². The van der Waals surface area contributed by atoms with Gasteiger partial charge in [-0.2, -0.15) is 0 Å². The van der Waals surface area contributed by atoms with Crippen molar-refractivity contribution in [2.45, 2.75) is 19.2 Å². The number of fused-ring (bicyclic) bond motifs is 1. The maximum Gasteiger partial charge on any atom is 0.0555 e. The molecular weight excluding hydrogens is 334 g/mol. The van der Waals surface area contributed by atoms with Crippen LogP contribution in [0.1, 0.15) is 18.1 Å². The molecule has 3 heteroatoms. The summed E-state index contributed by atoms with van der Waals surface area (Å²) in [6.45, 7) is 3.36. The molecule has 2 aromatic rings. The summed E-state index contributed by atoms with van der Waals surface area (Å²) in [6, 6.07) is 15.1. The quantitative estimate of drug-likeness (QED) is 0.645. The van der Waals surface area contributed by atoms with Crippen LogP contribution in [0.3, 0.4) is 0 Å². The van der Waals surface area contributed by atoms with Gasteiger partial charge in [-0.3, -0.25) is 0 Å². The van der Waals surface area contributed by atoms with Gasteiger partial charge in [-0.15, -0.1) is 11.6 Å². The Morgan fingerprint density at radius 1 is 1.20 bits per heavy atom. The number of benzene rings is 2. The third kappa shape index (κ3) is 2.59. The average molecular weight is 351 g/mol. The van der Waals surface area contributed by atoms with Gasteiger partial charge in [0.1, 0.15) is 0 Å². The molecule has 2 aromatic carbocycles. The standard InChI is InChI=1S/C17H17BrClN/c1-12-8-14-4-2-3-5-16(14)20(11-12)17-7-6-13(10-19)9-15(17)18/h2-7,9,12H,8,10-11H2,1H3. The molecule has 0 radical (unpaired) electrons. The number of rotatable bonds is 2. The molecule has 0 saturated carbocycles. The second kappa shape index (κ2) is 5.79. The second-order valence-corrected chi connectivity index (χ2v) is 6.59. The summed E-state index contributed by atoms with van der Waals surface area (Å²) in [6.07, 6.45) is 1.16. The van der Waals surface area contributed by atoms with E-state index in [-0.39, 0.29) is 0 Å². The van der Waals surface area contributed by atoms with Crippen molar-refractivity contribution in [3.63, 3.8) is 0 Å². The Balaban J connectivity index is 2.06. The Hall–Kier alpha value is -0.990. The Labute approximate surface area is 133 Å². The van der Waals surface area contributed by atoms with Crippen molar-refractivity contribution < 1.29 is 0 Å². The first-order valence-corrected chi connectivity index (χ1v) is 8.21. The van der Waals surface area contributed by atoms with Crippen LogP contribution in [0.5, 0.6) is 0 Å². The molecule has 0 bridgehead atoms. The van der Waals surface area contributed by atoms with Crippen molar-refractivity contribution >= 4 is 38.9 Å². The Bertz CT molecular complexity index is 626. The summed E-state index contributed by atoms with van der Waals surface area (Å²) < 4.78 is 1.11. The molecule has 1 aliphatic rings. The molecule has 20 heavy (non-hydrogen) atoms. The van der Waals surface area contributed by atoms with Gasteiger partial charge in [0.15, 0.2) is 0 Å². The van der Waals surface area contributed by atoms with Gasteiger partial charge in [0.05, 0.1) is 5.69 Å². The molecule has 0 saturated heterocycles. The van der Waals surface area contributed by atoms with Crippen molar-refractivity contribution in [1.29, 1.82) is 0 Å². The minimum absolute atomic E-state index is 0.547. The minimum atomic E-state index is 0.547. The fourth-order valence-electron chi connectivity index (χ4n) is 2.88. The van der Waals surface area contributed by atoms with E-state index >= 15 is 0 Å². The molecule has 1 aliphatic heterocycles. The van der Waals surface area contributed by atoms with E-state index in [1.54, 1.807) is 0 Å². The zero-order valence-corrected chi connectivity index (χ0v) is 13.8. The Morgan fingerprint density at radius 3 is 2.75 bits per heavy atom. The van der Waals surface area contributed by atoms with E-state index in [1.165, 1.54) is 16.9 Å². The Kier molecular flexibility index (Phi) is 4.04. The lowest BCUT2D eigenvalue weighted by atomic mass is 9.93. The molecule has 3 rings (SSSR count). The van der Waals surface area contributed by atoms with E-state index < -0.39 is 0 Å². The maximum absolute atomic E-state index is 5.91. The fourth-order valence-corrected chi connectivity index (χ4v) is 3.68. The van der Waals surface area contributed by atoms with Gasteiger partial charge in [-0.1, -0.05) is 31.2 Å². The van der Waals surface area contributed by atoms with Crippen molar-refractivity contribution in [2.75, 3.05) is 11.4 Å². The lowest BCUT2D eigenvalue weighted by Gasteiger charge is -2.35. The molecular formula is C17H17BrClN. The van der Waals surface area contributed by atoms with E-state index in [1.807, 2.05) is 0 Å². The van der Waals surface area contributed by atoms with Gasteiger partial charge in [0.25, 0.3) is 0 Å². The third-order valence-electron chi connectivity index (χ3n) is 3.80. The molecule has 0 amide bonds. The number of anilines is 2. The van der Waals surface area contributed by atoms with Gasteiger partial charge >= 0.3 is 0 Å². The number of para-hydroxylation sites is 1. The summed E-state index contributed by atoms with van der Waals surface area (Å²) in [4.78, 5) is 2.41.